The van der Waals surface area contributed by atoms with Crippen molar-refractivity contribution in [1.82, 2.24) is 0 Å². The lowest BCUT2D eigenvalue weighted by Crippen LogP contribution is -2.28. The van der Waals surface area contributed by atoms with Gasteiger partial charge >= 0.3 is 0 Å². The zero-order valence-electron chi connectivity index (χ0n) is 10.5. The fourth-order valence-corrected chi connectivity index (χ4v) is 1.79. The van der Waals surface area contributed by atoms with E-state index >= 15 is 0 Å². The van der Waals surface area contributed by atoms with Crippen molar-refractivity contribution in [2.24, 2.45) is 0 Å². The average Bonchev–Trinajstić information content (AvgIpc) is 2.27. The molecule has 0 fully saturated rings. The lowest BCUT2D eigenvalue weighted by atomic mass is 10.1. The Kier molecular flexibility index (Phi) is 4.31. The maximum Gasteiger partial charge on any atom is 0.273 e. The molecule has 1 unspecified atom stereocenters. The van der Waals surface area contributed by atoms with Gasteiger partial charge in [-0.25, -0.2) is 0 Å². The highest BCUT2D eigenvalue weighted by atomic mass is 16.6. The van der Waals surface area contributed by atoms with Crippen LogP contribution in [0.15, 0.2) is 18.2 Å². The van der Waals surface area contributed by atoms with Gasteiger partial charge in [0.25, 0.3) is 5.69 Å². The molecule has 0 saturated heterocycles. The summed E-state index contributed by atoms with van der Waals surface area (Å²) in [6.45, 7) is 4.21. The van der Waals surface area contributed by atoms with Crippen molar-refractivity contribution in [2.45, 2.75) is 32.7 Å². The first-order chi connectivity index (χ1) is 7.95. The first-order valence-electron chi connectivity index (χ1n) is 5.73. The lowest BCUT2D eigenvalue weighted by Gasteiger charge is -2.26. The zero-order chi connectivity index (χ0) is 13.0. The van der Waals surface area contributed by atoms with Crippen molar-refractivity contribution in [3.05, 3.63) is 28.3 Å². The molecule has 0 saturated carbocycles. The Hall–Kier alpha value is -1.78. The quantitative estimate of drug-likeness (QED) is 0.485. The molecule has 94 valence electrons. The number of hydrogen-bond donors (Lipinski definition) is 1. The van der Waals surface area contributed by atoms with E-state index < -0.39 is 4.92 Å². The number of non-ortho nitro benzene ring substituents is 1. The molecular formula is C12H19N3O2. The van der Waals surface area contributed by atoms with Crippen LogP contribution in [-0.4, -0.2) is 18.0 Å². The number of hydrogen-bond acceptors (Lipinski definition) is 4. The minimum absolute atomic E-state index is 0.0375. The van der Waals surface area contributed by atoms with E-state index in [1.807, 2.05) is 11.9 Å². The molecule has 5 heteroatoms. The van der Waals surface area contributed by atoms with Gasteiger partial charge in [0.2, 0.25) is 0 Å². The maximum atomic E-state index is 10.8. The Bertz CT molecular complexity index is 407. The number of nitro groups is 1. The summed E-state index contributed by atoms with van der Waals surface area (Å²) >= 11 is 0. The lowest BCUT2D eigenvalue weighted by molar-refractivity contribution is -0.384. The van der Waals surface area contributed by atoms with Crippen LogP contribution in [0, 0.1) is 10.1 Å². The van der Waals surface area contributed by atoms with Crippen molar-refractivity contribution in [3.63, 3.8) is 0 Å². The van der Waals surface area contributed by atoms with Crippen molar-refractivity contribution in [2.75, 3.05) is 17.7 Å². The first kappa shape index (κ1) is 13.3. The molecule has 0 radical (unpaired) electrons. The normalized spacial score (nSPS) is 12.2. The fourth-order valence-electron chi connectivity index (χ4n) is 1.79. The molecule has 17 heavy (non-hydrogen) atoms. The molecular weight excluding hydrogens is 218 g/mol. The van der Waals surface area contributed by atoms with Crippen LogP contribution < -0.4 is 10.6 Å². The Morgan fingerprint density at radius 1 is 1.47 bits per heavy atom. The van der Waals surface area contributed by atoms with Crippen LogP contribution >= 0.6 is 0 Å². The van der Waals surface area contributed by atoms with Gasteiger partial charge < -0.3 is 10.6 Å². The Morgan fingerprint density at radius 3 is 2.65 bits per heavy atom. The third kappa shape index (κ3) is 3.34. The predicted octanol–water partition coefficient (Wildman–Crippen LogP) is 2.80. The number of nitrogen functional groups attached to an aromatic ring is 1. The maximum absolute atomic E-state index is 10.8. The van der Waals surface area contributed by atoms with E-state index in [1.54, 1.807) is 12.1 Å². The minimum Gasteiger partial charge on any atom is -0.398 e. The van der Waals surface area contributed by atoms with E-state index in [-0.39, 0.29) is 5.69 Å². The van der Waals surface area contributed by atoms with Crippen LogP contribution in [0.4, 0.5) is 17.1 Å². The number of nitrogens with zero attached hydrogens (tertiary/aromatic N) is 2. The van der Waals surface area contributed by atoms with Gasteiger partial charge in [-0.2, -0.15) is 0 Å². The second-order valence-electron chi connectivity index (χ2n) is 4.29. The minimum atomic E-state index is -0.418. The van der Waals surface area contributed by atoms with Gasteiger partial charge in [-0.1, -0.05) is 13.3 Å². The number of rotatable bonds is 5. The molecule has 5 nitrogen and oxygen atoms in total. The first-order valence-corrected chi connectivity index (χ1v) is 5.73. The van der Waals surface area contributed by atoms with E-state index in [9.17, 15) is 10.1 Å². The number of benzene rings is 1. The molecule has 0 aromatic heterocycles. The fraction of sp³-hybridized carbons (Fsp3) is 0.500. The molecule has 0 aliphatic rings. The van der Waals surface area contributed by atoms with E-state index in [0.29, 0.717) is 11.7 Å². The van der Waals surface area contributed by atoms with Crippen LogP contribution in [0.1, 0.15) is 26.7 Å². The summed E-state index contributed by atoms with van der Waals surface area (Å²) in [6.07, 6.45) is 2.12. The summed E-state index contributed by atoms with van der Waals surface area (Å²) in [5, 5.41) is 10.8. The van der Waals surface area contributed by atoms with Crippen molar-refractivity contribution in [3.8, 4) is 0 Å². The SMILES string of the molecule is CCCC(C)N(C)c1cc(N)cc([N+](=O)[O-])c1. The van der Waals surface area contributed by atoms with Gasteiger partial charge in [-0.15, -0.1) is 0 Å². The average molecular weight is 237 g/mol. The molecule has 0 amide bonds. The van der Waals surface area contributed by atoms with Crippen molar-refractivity contribution >= 4 is 17.1 Å². The Morgan fingerprint density at radius 2 is 2.12 bits per heavy atom. The molecule has 0 bridgehead atoms. The number of nitro benzene ring substituents is 1. The molecule has 2 N–H and O–H groups in total. The third-order valence-corrected chi connectivity index (χ3v) is 2.91. The molecule has 1 atom stereocenters. The standard InChI is InChI=1S/C12H19N3O2/c1-4-5-9(2)14(3)11-6-10(13)7-12(8-11)15(16)17/h6-9H,4-5,13H2,1-3H3. The van der Waals surface area contributed by atoms with Crippen LogP contribution in [0.2, 0.25) is 0 Å². The molecule has 0 heterocycles. The molecule has 0 spiro atoms. The van der Waals surface area contributed by atoms with Gasteiger partial charge in [-0.05, 0) is 19.4 Å². The van der Waals surface area contributed by atoms with Crippen molar-refractivity contribution in [1.29, 1.82) is 0 Å². The second kappa shape index (κ2) is 5.52. The van der Waals surface area contributed by atoms with E-state index in [2.05, 4.69) is 13.8 Å². The van der Waals surface area contributed by atoms with Crippen LogP contribution in [-0.2, 0) is 0 Å². The molecule has 0 aliphatic carbocycles. The predicted molar refractivity (Wildman–Crippen MR) is 70.3 cm³/mol. The summed E-state index contributed by atoms with van der Waals surface area (Å²) in [7, 11) is 1.93. The molecule has 0 aliphatic heterocycles. The van der Waals surface area contributed by atoms with E-state index in [0.717, 1.165) is 18.5 Å². The summed E-state index contributed by atoms with van der Waals surface area (Å²) < 4.78 is 0. The van der Waals surface area contributed by atoms with Crippen molar-refractivity contribution < 1.29 is 4.92 Å². The van der Waals surface area contributed by atoms with Gasteiger partial charge in [0.15, 0.2) is 0 Å². The van der Waals surface area contributed by atoms with Gasteiger partial charge in [-0.3, -0.25) is 10.1 Å². The summed E-state index contributed by atoms with van der Waals surface area (Å²) in [5.74, 6) is 0. The number of nitrogens with two attached hydrogens (primary N) is 1. The Labute approximate surface area is 101 Å². The van der Waals surface area contributed by atoms with Crippen LogP contribution in [0.25, 0.3) is 0 Å². The highest BCUT2D eigenvalue weighted by molar-refractivity contribution is 5.62. The molecule has 1 aromatic carbocycles. The molecule has 1 aromatic rings. The smallest absolute Gasteiger partial charge is 0.273 e. The highest BCUT2D eigenvalue weighted by Crippen LogP contribution is 2.26. The Balaban J connectivity index is 3.01. The monoisotopic (exact) mass is 237 g/mol. The van der Waals surface area contributed by atoms with Crippen LogP contribution in [0.3, 0.4) is 0 Å². The van der Waals surface area contributed by atoms with Gasteiger partial charge in [0, 0.05) is 36.6 Å². The second-order valence-corrected chi connectivity index (χ2v) is 4.29. The van der Waals surface area contributed by atoms with Gasteiger partial charge in [0.1, 0.15) is 0 Å². The third-order valence-electron chi connectivity index (χ3n) is 2.91. The van der Waals surface area contributed by atoms with E-state index in [4.69, 9.17) is 5.73 Å². The zero-order valence-corrected chi connectivity index (χ0v) is 10.5. The number of anilines is 2. The highest BCUT2D eigenvalue weighted by Gasteiger charge is 2.14. The molecule has 1 rings (SSSR count). The summed E-state index contributed by atoms with van der Waals surface area (Å²) in [4.78, 5) is 12.4. The van der Waals surface area contributed by atoms with Crippen LogP contribution in [0.5, 0.6) is 0 Å². The summed E-state index contributed by atoms with van der Waals surface area (Å²) in [6, 6.07) is 5.03. The topological polar surface area (TPSA) is 72.4 Å². The van der Waals surface area contributed by atoms with E-state index in [1.165, 1.54) is 6.07 Å². The van der Waals surface area contributed by atoms with Gasteiger partial charge in [0.05, 0.1) is 4.92 Å². The summed E-state index contributed by atoms with van der Waals surface area (Å²) in [5.41, 5.74) is 6.93. The largest absolute Gasteiger partial charge is 0.398 e.